The normalized spacial score (nSPS) is 18.7. The van der Waals surface area contributed by atoms with Crippen LogP contribution in [-0.4, -0.2) is 38.9 Å². The van der Waals surface area contributed by atoms with E-state index >= 15 is 0 Å². The molecule has 0 spiro atoms. The Morgan fingerprint density at radius 3 is 2.96 bits per heavy atom. The van der Waals surface area contributed by atoms with E-state index in [9.17, 15) is 13.2 Å². The zero-order valence-corrected chi connectivity index (χ0v) is 14.1. The number of hydrogen-bond acceptors (Lipinski definition) is 4. The minimum Gasteiger partial charge on any atom is -0.451 e. The van der Waals surface area contributed by atoms with E-state index in [1.165, 1.54) is 0 Å². The first kappa shape index (κ1) is 16.7. The minimum absolute atomic E-state index is 0.0850. The van der Waals surface area contributed by atoms with Crippen LogP contribution in [0.4, 0.5) is 0 Å². The quantitative estimate of drug-likeness (QED) is 0.899. The number of hydrogen-bond donors (Lipinski definition) is 1. The van der Waals surface area contributed by atoms with Crippen LogP contribution in [0.2, 0.25) is 0 Å². The van der Waals surface area contributed by atoms with Crippen molar-refractivity contribution in [3.8, 4) is 0 Å². The molecule has 2 heterocycles. The smallest absolute Gasteiger partial charge is 0.289 e. The van der Waals surface area contributed by atoms with Crippen LogP contribution >= 0.6 is 0 Å². The molecule has 128 valence electrons. The summed E-state index contributed by atoms with van der Waals surface area (Å²) in [4.78, 5) is 14.4. The molecule has 0 aliphatic carbocycles. The second kappa shape index (κ2) is 6.78. The maximum Gasteiger partial charge on any atom is 0.289 e. The zero-order chi connectivity index (χ0) is 17.2. The predicted molar refractivity (Wildman–Crippen MR) is 92.0 cm³/mol. The van der Waals surface area contributed by atoms with Crippen molar-refractivity contribution in [1.29, 1.82) is 0 Å². The third kappa shape index (κ3) is 3.68. The van der Waals surface area contributed by atoms with E-state index in [-0.39, 0.29) is 11.8 Å². The standard InChI is InChI=1S/C17H20N2O4S/c1-2-24(21,22)18-11-13-6-5-9-19(12-13)17(20)16-10-14-7-3-4-8-15(14)23-16/h2-4,7-8,10,13,18H,1,5-6,9,11-12H2. The lowest BCUT2D eigenvalue weighted by Crippen LogP contribution is -2.43. The van der Waals surface area contributed by atoms with E-state index in [1.54, 1.807) is 11.0 Å². The van der Waals surface area contributed by atoms with Crippen LogP contribution in [0.5, 0.6) is 0 Å². The van der Waals surface area contributed by atoms with Gasteiger partial charge in [0.1, 0.15) is 5.58 Å². The maximum atomic E-state index is 12.6. The van der Waals surface area contributed by atoms with Crippen LogP contribution in [0, 0.1) is 5.92 Å². The van der Waals surface area contributed by atoms with Crippen LogP contribution in [0.1, 0.15) is 23.4 Å². The first-order valence-corrected chi connectivity index (χ1v) is 9.43. The molecule has 7 heteroatoms. The highest BCUT2D eigenvalue weighted by Crippen LogP contribution is 2.23. The van der Waals surface area contributed by atoms with Crippen molar-refractivity contribution in [3.63, 3.8) is 0 Å². The molecule has 1 atom stereocenters. The van der Waals surface area contributed by atoms with Gasteiger partial charge in [-0.3, -0.25) is 4.79 Å². The molecule has 1 aliphatic heterocycles. The molecule has 3 rings (SSSR count). The lowest BCUT2D eigenvalue weighted by Gasteiger charge is -2.32. The third-order valence-corrected chi connectivity index (χ3v) is 5.24. The number of benzene rings is 1. The number of likely N-dealkylation sites (tertiary alicyclic amines) is 1. The summed E-state index contributed by atoms with van der Waals surface area (Å²) < 4.78 is 31.0. The van der Waals surface area contributed by atoms with Crippen molar-refractivity contribution >= 4 is 26.9 Å². The summed E-state index contributed by atoms with van der Waals surface area (Å²) >= 11 is 0. The fourth-order valence-corrected chi connectivity index (χ4v) is 3.54. The molecule has 1 unspecified atom stereocenters. The fourth-order valence-electron chi connectivity index (χ4n) is 2.95. The number of nitrogens with one attached hydrogen (secondary N) is 1. The average molecular weight is 348 g/mol. The molecule has 1 saturated heterocycles. The molecule has 1 aliphatic rings. The van der Waals surface area contributed by atoms with Crippen molar-refractivity contribution in [2.45, 2.75) is 12.8 Å². The van der Waals surface area contributed by atoms with Crippen LogP contribution < -0.4 is 4.72 Å². The number of para-hydroxylation sites is 1. The number of carbonyl (C=O) groups excluding carboxylic acids is 1. The number of sulfonamides is 1. The molecule has 0 bridgehead atoms. The van der Waals surface area contributed by atoms with Gasteiger partial charge >= 0.3 is 0 Å². The van der Waals surface area contributed by atoms with Crippen molar-refractivity contribution in [1.82, 2.24) is 9.62 Å². The number of fused-ring (bicyclic) bond motifs is 1. The molecule has 24 heavy (non-hydrogen) atoms. The molecular formula is C17H20N2O4S. The van der Waals surface area contributed by atoms with Crippen molar-refractivity contribution in [3.05, 3.63) is 48.1 Å². The Balaban J connectivity index is 1.67. The van der Waals surface area contributed by atoms with Crippen LogP contribution in [0.15, 0.2) is 46.7 Å². The Morgan fingerprint density at radius 1 is 1.42 bits per heavy atom. The number of piperidine rings is 1. The van der Waals surface area contributed by atoms with E-state index in [2.05, 4.69) is 11.3 Å². The first-order valence-electron chi connectivity index (χ1n) is 7.88. The number of amides is 1. The Bertz CT molecular complexity index is 823. The molecule has 0 saturated carbocycles. The van der Waals surface area contributed by atoms with Gasteiger partial charge < -0.3 is 9.32 Å². The van der Waals surface area contributed by atoms with Crippen molar-refractivity contribution in [2.24, 2.45) is 5.92 Å². The number of carbonyl (C=O) groups is 1. The van der Waals surface area contributed by atoms with E-state index < -0.39 is 10.0 Å². The van der Waals surface area contributed by atoms with Gasteiger partial charge in [-0.05, 0) is 30.9 Å². The Kier molecular flexibility index (Phi) is 4.73. The van der Waals surface area contributed by atoms with E-state index in [0.717, 1.165) is 23.6 Å². The van der Waals surface area contributed by atoms with Crippen LogP contribution in [0.25, 0.3) is 11.0 Å². The highest BCUT2D eigenvalue weighted by molar-refractivity contribution is 7.92. The number of rotatable bonds is 5. The van der Waals surface area contributed by atoms with Gasteiger partial charge in [0.25, 0.3) is 5.91 Å². The number of nitrogens with zero attached hydrogens (tertiary/aromatic N) is 1. The zero-order valence-electron chi connectivity index (χ0n) is 13.3. The molecule has 1 aromatic carbocycles. The average Bonchev–Trinajstić information content (AvgIpc) is 3.04. The second-order valence-electron chi connectivity index (χ2n) is 5.97. The minimum atomic E-state index is -3.43. The van der Waals surface area contributed by atoms with Gasteiger partial charge in [0.2, 0.25) is 10.0 Å². The van der Waals surface area contributed by atoms with E-state index in [0.29, 0.717) is 31.0 Å². The van der Waals surface area contributed by atoms with Gasteiger partial charge in [0, 0.05) is 30.4 Å². The largest absolute Gasteiger partial charge is 0.451 e. The highest BCUT2D eigenvalue weighted by atomic mass is 32.2. The van der Waals surface area contributed by atoms with Gasteiger partial charge in [-0.1, -0.05) is 24.8 Å². The van der Waals surface area contributed by atoms with Gasteiger partial charge in [-0.15, -0.1) is 0 Å². The van der Waals surface area contributed by atoms with Gasteiger partial charge in [0.15, 0.2) is 5.76 Å². The van der Waals surface area contributed by atoms with E-state index in [4.69, 9.17) is 4.42 Å². The monoisotopic (exact) mass is 348 g/mol. The lowest BCUT2D eigenvalue weighted by molar-refractivity contribution is 0.0646. The summed E-state index contributed by atoms with van der Waals surface area (Å²) in [5.41, 5.74) is 0.688. The topological polar surface area (TPSA) is 79.6 Å². The second-order valence-corrected chi connectivity index (χ2v) is 7.68. The summed E-state index contributed by atoms with van der Waals surface area (Å²) in [7, 11) is -3.43. The molecule has 1 fully saturated rings. The van der Waals surface area contributed by atoms with Crippen molar-refractivity contribution in [2.75, 3.05) is 19.6 Å². The number of furan rings is 1. The summed E-state index contributed by atoms with van der Waals surface area (Å²) in [6.45, 7) is 4.74. The molecule has 0 radical (unpaired) electrons. The Labute approximate surface area is 141 Å². The van der Waals surface area contributed by atoms with Crippen LogP contribution in [-0.2, 0) is 10.0 Å². The molecule has 2 aromatic rings. The van der Waals surface area contributed by atoms with E-state index in [1.807, 2.05) is 24.3 Å². The van der Waals surface area contributed by atoms with Gasteiger partial charge in [-0.25, -0.2) is 13.1 Å². The first-order chi connectivity index (χ1) is 11.5. The predicted octanol–water partition coefficient (Wildman–Crippen LogP) is 2.35. The Morgan fingerprint density at radius 2 is 2.21 bits per heavy atom. The Hall–Kier alpha value is -2.12. The molecule has 1 N–H and O–H groups in total. The third-order valence-electron chi connectivity index (χ3n) is 4.24. The maximum absolute atomic E-state index is 12.6. The summed E-state index contributed by atoms with van der Waals surface area (Å²) in [6, 6.07) is 9.24. The SMILES string of the molecule is C=CS(=O)(=O)NCC1CCCN(C(=O)c2cc3ccccc3o2)C1. The lowest BCUT2D eigenvalue weighted by atomic mass is 9.98. The summed E-state index contributed by atoms with van der Waals surface area (Å²) in [6.07, 6.45) is 1.72. The van der Waals surface area contributed by atoms with Gasteiger partial charge in [-0.2, -0.15) is 0 Å². The fraction of sp³-hybridized carbons (Fsp3) is 0.353. The molecule has 6 nitrogen and oxygen atoms in total. The molecule has 1 aromatic heterocycles. The summed E-state index contributed by atoms with van der Waals surface area (Å²) in [5.74, 6) is 0.257. The molecular weight excluding hydrogens is 328 g/mol. The van der Waals surface area contributed by atoms with Crippen LogP contribution in [0.3, 0.4) is 0 Å². The highest BCUT2D eigenvalue weighted by Gasteiger charge is 2.27. The van der Waals surface area contributed by atoms with Gasteiger partial charge in [0.05, 0.1) is 0 Å². The summed E-state index contributed by atoms with van der Waals surface area (Å²) in [5, 5.41) is 1.79. The van der Waals surface area contributed by atoms with Crippen molar-refractivity contribution < 1.29 is 17.6 Å². The molecule has 1 amide bonds.